The highest BCUT2D eigenvalue weighted by Crippen LogP contribution is 2.11. The maximum atomic E-state index is 12.8. The molecule has 5 heteroatoms. The fraction of sp³-hybridized carbons (Fsp3) is 0.417. The maximum absolute atomic E-state index is 12.8. The van der Waals surface area contributed by atoms with Gasteiger partial charge in [-0.3, -0.25) is 4.79 Å². The number of hydrogen-bond acceptors (Lipinski definition) is 3. The van der Waals surface area contributed by atoms with Crippen molar-refractivity contribution in [1.29, 1.82) is 0 Å². The van der Waals surface area contributed by atoms with Crippen molar-refractivity contribution in [2.75, 3.05) is 20.3 Å². The van der Waals surface area contributed by atoms with Crippen LogP contribution in [0.1, 0.15) is 6.92 Å². The molecule has 0 heterocycles. The van der Waals surface area contributed by atoms with E-state index < -0.39 is 5.82 Å². The zero-order valence-corrected chi connectivity index (χ0v) is 9.90. The van der Waals surface area contributed by atoms with Crippen LogP contribution in [0.15, 0.2) is 24.3 Å². The number of benzene rings is 1. The lowest BCUT2D eigenvalue weighted by Gasteiger charge is -2.13. The summed E-state index contributed by atoms with van der Waals surface area (Å²) in [4.78, 5) is 11.4. The lowest BCUT2D eigenvalue weighted by Crippen LogP contribution is -2.38. The smallest absolute Gasteiger partial charge is 0.258 e. The number of carbonyl (C=O) groups is 1. The van der Waals surface area contributed by atoms with Crippen molar-refractivity contribution in [2.24, 2.45) is 0 Å². The maximum Gasteiger partial charge on any atom is 0.258 e. The Bertz CT molecular complexity index is 371. The van der Waals surface area contributed by atoms with Gasteiger partial charge in [0.15, 0.2) is 6.61 Å². The quantitative estimate of drug-likeness (QED) is 0.818. The summed E-state index contributed by atoms with van der Waals surface area (Å²) in [6, 6.07) is 5.58. The lowest BCUT2D eigenvalue weighted by molar-refractivity contribution is -0.124. The van der Waals surface area contributed by atoms with Gasteiger partial charge in [-0.05, 0) is 19.1 Å². The SMILES string of the molecule is COCC(C)NC(=O)COc1cccc(F)c1. The number of halogens is 1. The van der Waals surface area contributed by atoms with Crippen LogP contribution in [-0.2, 0) is 9.53 Å². The Labute approximate surface area is 99.7 Å². The number of nitrogens with one attached hydrogen (secondary N) is 1. The number of rotatable bonds is 6. The summed E-state index contributed by atoms with van der Waals surface area (Å²) in [7, 11) is 1.56. The Morgan fingerprint density at radius 1 is 1.53 bits per heavy atom. The fourth-order valence-corrected chi connectivity index (χ4v) is 1.31. The summed E-state index contributed by atoms with van der Waals surface area (Å²) in [6.45, 7) is 2.12. The van der Waals surface area contributed by atoms with E-state index >= 15 is 0 Å². The molecule has 4 nitrogen and oxygen atoms in total. The number of hydrogen-bond donors (Lipinski definition) is 1. The molecule has 0 fully saturated rings. The lowest BCUT2D eigenvalue weighted by atomic mass is 10.3. The average Bonchev–Trinajstić information content (AvgIpc) is 2.27. The molecule has 1 atom stereocenters. The molecule has 1 N–H and O–H groups in total. The Balaban J connectivity index is 2.33. The minimum Gasteiger partial charge on any atom is -0.484 e. The monoisotopic (exact) mass is 241 g/mol. The van der Waals surface area contributed by atoms with E-state index in [1.165, 1.54) is 18.2 Å². The van der Waals surface area contributed by atoms with E-state index in [4.69, 9.17) is 9.47 Å². The van der Waals surface area contributed by atoms with Crippen LogP contribution in [0.4, 0.5) is 4.39 Å². The van der Waals surface area contributed by atoms with E-state index in [9.17, 15) is 9.18 Å². The minimum atomic E-state index is -0.393. The number of carbonyl (C=O) groups excluding carboxylic acids is 1. The van der Waals surface area contributed by atoms with E-state index in [0.29, 0.717) is 12.4 Å². The van der Waals surface area contributed by atoms with Gasteiger partial charge in [0.05, 0.1) is 6.61 Å². The summed E-state index contributed by atoms with van der Waals surface area (Å²) >= 11 is 0. The van der Waals surface area contributed by atoms with Gasteiger partial charge in [-0.1, -0.05) is 6.07 Å². The van der Waals surface area contributed by atoms with Gasteiger partial charge in [0.1, 0.15) is 11.6 Å². The summed E-state index contributed by atoms with van der Waals surface area (Å²) in [5.41, 5.74) is 0. The van der Waals surface area contributed by atoms with Crippen LogP contribution in [0.25, 0.3) is 0 Å². The van der Waals surface area contributed by atoms with E-state index in [1.54, 1.807) is 13.2 Å². The van der Waals surface area contributed by atoms with Gasteiger partial charge in [0.2, 0.25) is 0 Å². The highest BCUT2D eigenvalue weighted by Gasteiger charge is 2.07. The predicted molar refractivity (Wildman–Crippen MR) is 61.4 cm³/mol. The van der Waals surface area contributed by atoms with E-state index in [0.717, 1.165) is 0 Å². The first-order valence-corrected chi connectivity index (χ1v) is 5.28. The molecule has 1 unspecified atom stereocenters. The zero-order chi connectivity index (χ0) is 12.7. The minimum absolute atomic E-state index is 0.0800. The molecule has 0 bridgehead atoms. The van der Waals surface area contributed by atoms with Crippen molar-refractivity contribution in [3.05, 3.63) is 30.1 Å². The van der Waals surface area contributed by atoms with Crippen molar-refractivity contribution >= 4 is 5.91 Å². The van der Waals surface area contributed by atoms with Crippen LogP contribution in [0.5, 0.6) is 5.75 Å². The summed E-state index contributed by atoms with van der Waals surface area (Å²) in [5.74, 6) is -0.325. The van der Waals surface area contributed by atoms with Crippen LogP contribution in [-0.4, -0.2) is 32.3 Å². The van der Waals surface area contributed by atoms with Crippen molar-refractivity contribution in [1.82, 2.24) is 5.32 Å². The Morgan fingerprint density at radius 3 is 2.94 bits per heavy atom. The fourth-order valence-electron chi connectivity index (χ4n) is 1.31. The number of ether oxygens (including phenoxy) is 2. The topological polar surface area (TPSA) is 47.6 Å². The molecular weight excluding hydrogens is 225 g/mol. The van der Waals surface area contributed by atoms with Crippen molar-refractivity contribution in [3.63, 3.8) is 0 Å². The molecular formula is C12H16FNO3. The molecule has 0 saturated heterocycles. The summed E-state index contributed by atoms with van der Waals surface area (Å²) < 4.78 is 22.8. The van der Waals surface area contributed by atoms with Crippen LogP contribution >= 0.6 is 0 Å². The summed E-state index contributed by atoms with van der Waals surface area (Å²) in [6.07, 6.45) is 0. The molecule has 94 valence electrons. The van der Waals surface area contributed by atoms with Gasteiger partial charge >= 0.3 is 0 Å². The average molecular weight is 241 g/mol. The molecule has 1 amide bonds. The van der Waals surface area contributed by atoms with Gasteiger partial charge in [0, 0.05) is 19.2 Å². The molecule has 0 aromatic heterocycles. The predicted octanol–water partition coefficient (Wildman–Crippen LogP) is 1.36. The van der Waals surface area contributed by atoms with Crippen molar-refractivity contribution in [2.45, 2.75) is 13.0 Å². The van der Waals surface area contributed by atoms with Crippen LogP contribution in [0.2, 0.25) is 0 Å². The second-order valence-corrected chi connectivity index (χ2v) is 3.67. The van der Waals surface area contributed by atoms with Crippen LogP contribution in [0.3, 0.4) is 0 Å². The molecule has 1 rings (SSSR count). The first kappa shape index (κ1) is 13.4. The van der Waals surface area contributed by atoms with Gasteiger partial charge < -0.3 is 14.8 Å². The zero-order valence-electron chi connectivity index (χ0n) is 9.90. The van der Waals surface area contributed by atoms with Crippen LogP contribution < -0.4 is 10.1 Å². The van der Waals surface area contributed by atoms with Gasteiger partial charge in [-0.25, -0.2) is 4.39 Å². The van der Waals surface area contributed by atoms with E-state index in [2.05, 4.69) is 5.32 Å². The molecule has 17 heavy (non-hydrogen) atoms. The molecule has 0 aliphatic carbocycles. The van der Waals surface area contributed by atoms with Gasteiger partial charge in [-0.2, -0.15) is 0 Å². The first-order chi connectivity index (χ1) is 8.11. The molecule has 0 aliphatic heterocycles. The third kappa shape index (κ3) is 5.31. The molecule has 1 aromatic carbocycles. The van der Waals surface area contributed by atoms with Gasteiger partial charge in [-0.15, -0.1) is 0 Å². The van der Waals surface area contributed by atoms with Crippen molar-refractivity contribution in [3.8, 4) is 5.75 Å². The largest absolute Gasteiger partial charge is 0.484 e. The third-order valence-corrected chi connectivity index (χ3v) is 1.99. The standard InChI is InChI=1S/C12H16FNO3/c1-9(7-16-2)14-12(15)8-17-11-5-3-4-10(13)6-11/h3-6,9H,7-8H2,1-2H3,(H,14,15). The molecule has 0 spiro atoms. The summed E-state index contributed by atoms with van der Waals surface area (Å²) in [5, 5.41) is 2.68. The van der Waals surface area contributed by atoms with Gasteiger partial charge in [0.25, 0.3) is 5.91 Å². The second-order valence-electron chi connectivity index (χ2n) is 3.67. The van der Waals surface area contributed by atoms with E-state index in [-0.39, 0.29) is 18.6 Å². The Hall–Kier alpha value is -1.62. The third-order valence-electron chi connectivity index (χ3n) is 1.99. The van der Waals surface area contributed by atoms with E-state index in [1.807, 2.05) is 6.92 Å². The Morgan fingerprint density at radius 2 is 2.29 bits per heavy atom. The molecule has 1 aromatic rings. The van der Waals surface area contributed by atoms with Crippen molar-refractivity contribution < 1.29 is 18.7 Å². The molecule has 0 radical (unpaired) electrons. The molecule has 0 aliphatic rings. The molecule has 0 saturated carbocycles. The Kier molecular flexibility index (Phi) is 5.42. The highest BCUT2D eigenvalue weighted by molar-refractivity contribution is 5.77. The number of amides is 1. The highest BCUT2D eigenvalue weighted by atomic mass is 19.1. The first-order valence-electron chi connectivity index (χ1n) is 5.28. The van der Waals surface area contributed by atoms with Crippen LogP contribution in [0, 0.1) is 5.82 Å². The normalized spacial score (nSPS) is 11.9. The number of methoxy groups -OCH3 is 1. The second kappa shape index (κ2) is 6.85.